The maximum absolute atomic E-state index is 12.2. The molecule has 1 unspecified atom stereocenters. The Balaban J connectivity index is 4.33. The largest absolute Gasteiger partial charge is 0.464 e. The van der Waals surface area contributed by atoms with Crippen molar-refractivity contribution in [1.82, 2.24) is 4.90 Å². The first-order chi connectivity index (χ1) is 11.0. The molecule has 136 valence electrons. The zero-order chi connectivity index (χ0) is 17.7. The molecule has 1 amide bonds. The summed E-state index contributed by atoms with van der Waals surface area (Å²) in [6.45, 7) is 8.86. The molecule has 0 aromatic rings. The summed E-state index contributed by atoms with van der Waals surface area (Å²) in [4.78, 5) is 25.7. The van der Waals surface area contributed by atoms with E-state index in [1.807, 2.05) is 13.8 Å². The summed E-state index contributed by atoms with van der Waals surface area (Å²) in [6, 6.07) is -0.597. The summed E-state index contributed by atoms with van der Waals surface area (Å²) < 4.78 is 10.6. The number of hydrogen-bond donors (Lipinski definition) is 0. The van der Waals surface area contributed by atoms with Crippen molar-refractivity contribution >= 4 is 12.1 Å². The van der Waals surface area contributed by atoms with Gasteiger partial charge in [-0.2, -0.15) is 0 Å². The highest BCUT2D eigenvalue weighted by atomic mass is 16.6. The zero-order valence-corrected chi connectivity index (χ0v) is 15.6. The van der Waals surface area contributed by atoms with Gasteiger partial charge in [-0.3, -0.25) is 4.90 Å². The van der Waals surface area contributed by atoms with E-state index in [1.165, 1.54) is 4.90 Å². The van der Waals surface area contributed by atoms with Gasteiger partial charge in [-0.25, -0.2) is 9.59 Å². The number of hydrogen-bond acceptors (Lipinski definition) is 4. The second kappa shape index (κ2) is 13.2. The Labute approximate surface area is 141 Å². The van der Waals surface area contributed by atoms with Crippen LogP contribution in [0.5, 0.6) is 0 Å². The number of nitrogens with zero attached hydrogens (tertiary/aromatic N) is 1. The van der Waals surface area contributed by atoms with Gasteiger partial charge in [0.2, 0.25) is 0 Å². The lowest BCUT2D eigenvalue weighted by atomic mass is 10.0. The number of unbranched alkanes of at least 4 members (excludes halogenated alkanes) is 5. The Bertz CT molecular complexity index is 331. The van der Waals surface area contributed by atoms with Gasteiger partial charge < -0.3 is 9.47 Å². The van der Waals surface area contributed by atoms with Crippen molar-refractivity contribution in [3.05, 3.63) is 0 Å². The van der Waals surface area contributed by atoms with E-state index >= 15 is 0 Å². The predicted octanol–water partition coefficient (Wildman–Crippen LogP) is 4.39. The summed E-state index contributed by atoms with van der Waals surface area (Å²) in [6.07, 6.45) is 6.73. The minimum Gasteiger partial charge on any atom is -0.464 e. The second-order valence-corrected chi connectivity index (χ2v) is 6.35. The number of esters is 1. The molecular weight excluding hydrogens is 294 g/mol. The summed E-state index contributed by atoms with van der Waals surface area (Å²) in [7, 11) is 1.60. The van der Waals surface area contributed by atoms with Crippen molar-refractivity contribution < 1.29 is 19.1 Å². The van der Waals surface area contributed by atoms with Crippen molar-refractivity contribution in [2.75, 3.05) is 20.3 Å². The number of carbonyl (C=O) groups excluding carboxylic acids is 2. The molecule has 0 fully saturated rings. The topological polar surface area (TPSA) is 55.8 Å². The molecule has 0 bridgehead atoms. The van der Waals surface area contributed by atoms with Gasteiger partial charge in [0, 0.05) is 7.05 Å². The lowest BCUT2D eigenvalue weighted by Gasteiger charge is -2.28. The Hall–Kier alpha value is -1.26. The smallest absolute Gasteiger partial charge is 0.410 e. The molecule has 0 rings (SSSR count). The van der Waals surface area contributed by atoms with Crippen LogP contribution >= 0.6 is 0 Å². The van der Waals surface area contributed by atoms with Crippen LogP contribution in [0.15, 0.2) is 0 Å². The molecule has 0 saturated heterocycles. The van der Waals surface area contributed by atoms with Crippen molar-refractivity contribution in [3.8, 4) is 0 Å². The lowest BCUT2D eigenvalue weighted by molar-refractivity contribution is -0.150. The van der Waals surface area contributed by atoms with Crippen molar-refractivity contribution in [3.63, 3.8) is 0 Å². The molecule has 1 atom stereocenters. The van der Waals surface area contributed by atoms with Crippen LogP contribution in [0, 0.1) is 5.92 Å². The standard InChI is InChI=1S/C18H35NO4/c1-6-8-10-12-14-23-18(21)19(5)16(15(3)4)17(20)22-13-11-9-7-2/h15-16H,6-14H2,1-5H3. The average molecular weight is 329 g/mol. The van der Waals surface area contributed by atoms with Crippen LogP contribution in [-0.4, -0.2) is 43.3 Å². The molecule has 0 aliphatic heterocycles. The second-order valence-electron chi connectivity index (χ2n) is 6.35. The molecule has 0 radical (unpaired) electrons. The van der Waals surface area contributed by atoms with E-state index < -0.39 is 12.1 Å². The first-order valence-electron chi connectivity index (χ1n) is 9.01. The Morgan fingerprint density at radius 2 is 1.39 bits per heavy atom. The fraction of sp³-hybridized carbons (Fsp3) is 0.889. The highest BCUT2D eigenvalue weighted by Crippen LogP contribution is 2.13. The maximum Gasteiger partial charge on any atom is 0.410 e. The van der Waals surface area contributed by atoms with Crippen LogP contribution in [0.3, 0.4) is 0 Å². The van der Waals surface area contributed by atoms with Crippen LogP contribution < -0.4 is 0 Å². The van der Waals surface area contributed by atoms with Gasteiger partial charge in [-0.05, 0) is 18.8 Å². The fourth-order valence-electron chi connectivity index (χ4n) is 2.39. The van der Waals surface area contributed by atoms with E-state index in [4.69, 9.17) is 9.47 Å². The highest BCUT2D eigenvalue weighted by Gasteiger charge is 2.31. The third kappa shape index (κ3) is 9.47. The van der Waals surface area contributed by atoms with Gasteiger partial charge >= 0.3 is 12.1 Å². The molecule has 0 saturated carbocycles. The van der Waals surface area contributed by atoms with E-state index in [1.54, 1.807) is 7.05 Å². The summed E-state index contributed by atoms with van der Waals surface area (Å²) in [5.74, 6) is -0.368. The molecule has 0 aromatic carbocycles. The average Bonchev–Trinajstić information content (AvgIpc) is 2.50. The van der Waals surface area contributed by atoms with E-state index in [-0.39, 0.29) is 11.9 Å². The molecule has 0 aliphatic rings. The summed E-state index contributed by atoms with van der Waals surface area (Å²) >= 11 is 0. The quantitative estimate of drug-likeness (QED) is 0.393. The molecular formula is C18H35NO4. The molecule has 5 nitrogen and oxygen atoms in total. The van der Waals surface area contributed by atoms with Crippen LogP contribution in [0.4, 0.5) is 4.79 Å². The van der Waals surface area contributed by atoms with Gasteiger partial charge in [-0.15, -0.1) is 0 Å². The third-order valence-electron chi connectivity index (χ3n) is 3.79. The monoisotopic (exact) mass is 329 g/mol. The predicted molar refractivity (Wildman–Crippen MR) is 92.4 cm³/mol. The van der Waals surface area contributed by atoms with Crippen LogP contribution in [-0.2, 0) is 14.3 Å². The van der Waals surface area contributed by atoms with E-state index in [2.05, 4.69) is 13.8 Å². The fourth-order valence-corrected chi connectivity index (χ4v) is 2.39. The first kappa shape index (κ1) is 21.7. The number of ether oxygens (including phenoxy) is 2. The van der Waals surface area contributed by atoms with E-state index in [9.17, 15) is 9.59 Å². The number of likely N-dealkylation sites (N-methyl/N-ethyl adjacent to an activating group) is 1. The molecule has 0 spiro atoms. The van der Waals surface area contributed by atoms with Gasteiger partial charge in [0.15, 0.2) is 0 Å². The van der Waals surface area contributed by atoms with Crippen molar-refractivity contribution in [1.29, 1.82) is 0 Å². The van der Waals surface area contributed by atoms with Gasteiger partial charge in [-0.1, -0.05) is 59.8 Å². The molecule has 0 heterocycles. The first-order valence-corrected chi connectivity index (χ1v) is 9.01. The highest BCUT2D eigenvalue weighted by molar-refractivity contribution is 5.81. The molecule has 23 heavy (non-hydrogen) atoms. The SMILES string of the molecule is CCCCCCOC(=O)N(C)C(C(=O)OCCCCC)C(C)C. The number of amides is 1. The Morgan fingerprint density at radius 1 is 0.870 bits per heavy atom. The summed E-state index contributed by atoms with van der Waals surface area (Å²) in [5, 5.41) is 0. The van der Waals surface area contributed by atoms with Gasteiger partial charge in [0.25, 0.3) is 0 Å². The normalized spacial score (nSPS) is 12.1. The summed E-state index contributed by atoms with van der Waals surface area (Å²) in [5.41, 5.74) is 0. The Kier molecular flexibility index (Phi) is 12.5. The van der Waals surface area contributed by atoms with Gasteiger partial charge in [0.05, 0.1) is 13.2 Å². The molecule has 0 N–H and O–H groups in total. The maximum atomic E-state index is 12.2. The number of carbonyl (C=O) groups is 2. The zero-order valence-electron chi connectivity index (χ0n) is 15.6. The molecule has 0 aliphatic carbocycles. The van der Waals surface area contributed by atoms with Crippen molar-refractivity contribution in [2.45, 2.75) is 78.7 Å². The van der Waals surface area contributed by atoms with E-state index in [0.717, 1.165) is 44.9 Å². The number of rotatable bonds is 12. The molecule has 5 heteroatoms. The molecule has 0 aromatic heterocycles. The van der Waals surface area contributed by atoms with E-state index in [0.29, 0.717) is 13.2 Å². The van der Waals surface area contributed by atoms with Crippen LogP contribution in [0.2, 0.25) is 0 Å². The minimum atomic E-state index is -0.597. The van der Waals surface area contributed by atoms with Crippen molar-refractivity contribution in [2.24, 2.45) is 5.92 Å². The lowest BCUT2D eigenvalue weighted by Crippen LogP contribution is -2.46. The Morgan fingerprint density at radius 3 is 1.96 bits per heavy atom. The van der Waals surface area contributed by atoms with Crippen LogP contribution in [0.25, 0.3) is 0 Å². The van der Waals surface area contributed by atoms with Crippen LogP contribution in [0.1, 0.15) is 72.6 Å². The van der Waals surface area contributed by atoms with Gasteiger partial charge in [0.1, 0.15) is 6.04 Å². The third-order valence-corrected chi connectivity index (χ3v) is 3.79. The minimum absolute atomic E-state index is 0.0219.